The van der Waals surface area contributed by atoms with Gasteiger partial charge >= 0.3 is 6.03 Å². The van der Waals surface area contributed by atoms with Gasteiger partial charge in [0.25, 0.3) is 0 Å². The average molecular weight is 266 g/mol. The van der Waals surface area contributed by atoms with Crippen molar-refractivity contribution in [3.63, 3.8) is 0 Å². The Hall–Kier alpha value is -1.49. The van der Waals surface area contributed by atoms with Gasteiger partial charge in [-0.05, 0) is 24.8 Å². The van der Waals surface area contributed by atoms with Crippen LogP contribution >= 0.6 is 0 Å². The van der Waals surface area contributed by atoms with E-state index in [1.165, 1.54) is 0 Å². The molecule has 0 radical (unpaired) electrons. The molecule has 2 rings (SSSR count). The lowest BCUT2D eigenvalue weighted by atomic mass is 9.75. The molecule has 19 heavy (non-hydrogen) atoms. The maximum atomic E-state index is 11.7. The van der Waals surface area contributed by atoms with Gasteiger partial charge in [0.15, 0.2) is 0 Å². The van der Waals surface area contributed by atoms with E-state index in [2.05, 4.69) is 24.5 Å². The van der Waals surface area contributed by atoms with E-state index in [0.717, 1.165) is 29.9 Å². The third-order valence-electron chi connectivity index (χ3n) is 3.44. The van der Waals surface area contributed by atoms with E-state index in [1.807, 2.05) is 13.0 Å². The maximum absolute atomic E-state index is 11.7. The van der Waals surface area contributed by atoms with Crippen molar-refractivity contribution in [2.75, 3.05) is 13.2 Å². The molecule has 5 heteroatoms. The van der Waals surface area contributed by atoms with Crippen molar-refractivity contribution >= 4 is 6.03 Å². The smallest absolute Gasteiger partial charge is 0.315 e. The highest BCUT2D eigenvalue weighted by atomic mass is 16.3. The largest absolute Gasteiger partial charge is 0.466 e. The Bertz CT molecular complexity index is 465. The fourth-order valence-corrected chi connectivity index (χ4v) is 2.69. The van der Waals surface area contributed by atoms with E-state index >= 15 is 0 Å². The second kappa shape index (κ2) is 5.25. The molecule has 5 nitrogen and oxygen atoms in total. The molecule has 1 aromatic rings. The summed E-state index contributed by atoms with van der Waals surface area (Å²) < 4.78 is 5.72. The summed E-state index contributed by atoms with van der Waals surface area (Å²) in [4.78, 5) is 11.7. The van der Waals surface area contributed by atoms with Crippen molar-refractivity contribution < 1.29 is 14.3 Å². The quantitative estimate of drug-likeness (QED) is 0.782. The number of aliphatic hydroxyl groups is 1. The monoisotopic (exact) mass is 266 g/mol. The predicted molar refractivity (Wildman–Crippen MR) is 71.9 cm³/mol. The van der Waals surface area contributed by atoms with Crippen LogP contribution in [-0.4, -0.2) is 24.3 Å². The third kappa shape index (κ3) is 3.29. The Balaban J connectivity index is 2.13. The minimum Gasteiger partial charge on any atom is -0.466 e. The van der Waals surface area contributed by atoms with E-state index in [9.17, 15) is 4.79 Å². The van der Waals surface area contributed by atoms with Crippen LogP contribution in [0.15, 0.2) is 10.5 Å². The van der Waals surface area contributed by atoms with E-state index in [-0.39, 0.29) is 30.6 Å². The summed E-state index contributed by atoms with van der Waals surface area (Å²) in [6.07, 6.45) is 1.78. The van der Waals surface area contributed by atoms with E-state index in [4.69, 9.17) is 9.52 Å². The molecule has 0 aliphatic heterocycles. The molecular weight excluding hydrogens is 244 g/mol. The van der Waals surface area contributed by atoms with Crippen LogP contribution in [0.2, 0.25) is 0 Å². The molecule has 0 unspecified atom stereocenters. The number of nitrogens with one attached hydrogen (secondary N) is 2. The fraction of sp³-hybridized carbons (Fsp3) is 0.643. The Morgan fingerprint density at radius 1 is 1.58 bits per heavy atom. The Labute approximate surface area is 113 Å². The van der Waals surface area contributed by atoms with Crippen LogP contribution in [0.3, 0.4) is 0 Å². The van der Waals surface area contributed by atoms with Crippen LogP contribution in [0.1, 0.15) is 43.4 Å². The van der Waals surface area contributed by atoms with Gasteiger partial charge < -0.3 is 20.2 Å². The molecule has 0 bridgehead atoms. The molecule has 0 saturated heterocycles. The van der Waals surface area contributed by atoms with Crippen molar-refractivity contribution in [1.29, 1.82) is 0 Å². The van der Waals surface area contributed by atoms with Gasteiger partial charge in [-0.1, -0.05) is 13.8 Å². The normalized spacial score (nSPS) is 20.7. The first kappa shape index (κ1) is 13.9. The minimum absolute atomic E-state index is 0.0325. The molecule has 0 fully saturated rings. The summed E-state index contributed by atoms with van der Waals surface area (Å²) in [5, 5.41) is 14.3. The topological polar surface area (TPSA) is 74.5 Å². The SMILES string of the molecule is Cc1cc2c(o1)CC(C)(C)C[C@H]2NC(=O)NCCO. The zero-order valence-corrected chi connectivity index (χ0v) is 11.7. The molecule has 3 N–H and O–H groups in total. The molecular formula is C14H22N2O3. The van der Waals surface area contributed by atoms with Gasteiger partial charge in [-0.2, -0.15) is 0 Å². The zero-order valence-electron chi connectivity index (χ0n) is 11.7. The lowest BCUT2D eigenvalue weighted by molar-refractivity contribution is 0.211. The second-order valence-corrected chi connectivity index (χ2v) is 5.96. The average Bonchev–Trinajstić information content (AvgIpc) is 2.65. The summed E-state index contributed by atoms with van der Waals surface area (Å²) in [5.74, 6) is 1.85. The van der Waals surface area contributed by atoms with Gasteiger partial charge in [-0.3, -0.25) is 0 Å². The highest BCUT2D eigenvalue weighted by molar-refractivity contribution is 5.74. The highest BCUT2D eigenvalue weighted by Gasteiger charge is 2.35. The summed E-state index contributed by atoms with van der Waals surface area (Å²) in [5.41, 5.74) is 1.18. The number of carbonyl (C=O) groups is 1. The molecule has 1 aliphatic carbocycles. The molecule has 0 aromatic carbocycles. The number of furan rings is 1. The van der Waals surface area contributed by atoms with Gasteiger partial charge in [0, 0.05) is 18.5 Å². The first-order valence-corrected chi connectivity index (χ1v) is 6.66. The first-order valence-electron chi connectivity index (χ1n) is 6.66. The third-order valence-corrected chi connectivity index (χ3v) is 3.44. The van der Waals surface area contributed by atoms with Crippen LogP contribution in [0, 0.1) is 12.3 Å². The number of aliphatic hydroxyl groups excluding tert-OH is 1. The molecule has 106 valence electrons. The molecule has 1 aliphatic rings. The van der Waals surface area contributed by atoms with Crippen LogP contribution in [-0.2, 0) is 6.42 Å². The fourth-order valence-electron chi connectivity index (χ4n) is 2.69. The maximum Gasteiger partial charge on any atom is 0.315 e. The van der Waals surface area contributed by atoms with E-state index < -0.39 is 0 Å². The van der Waals surface area contributed by atoms with Crippen molar-refractivity contribution in [3.05, 3.63) is 23.2 Å². The van der Waals surface area contributed by atoms with Gasteiger partial charge in [-0.25, -0.2) is 4.79 Å². The Kier molecular flexibility index (Phi) is 3.85. The molecule has 0 spiro atoms. The lowest BCUT2D eigenvalue weighted by Crippen LogP contribution is -2.42. The van der Waals surface area contributed by atoms with Crippen molar-refractivity contribution in [1.82, 2.24) is 10.6 Å². The number of amides is 2. The van der Waals surface area contributed by atoms with Crippen LogP contribution < -0.4 is 10.6 Å². The second-order valence-electron chi connectivity index (χ2n) is 5.96. The zero-order chi connectivity index (χ0) is 14.0. The van der Waals surface area contributed by atoms with Crippen LogP contribution in [0.25, 0.3) is 0 Å². The number of rotatable bonds is 3. The lowest BCUT2D eigenvalue weighted by Gasteiger charge is -2.34. The molecule has 1 atom stereocenters. The Morgan fingerprint density at radius 2 is 2.32 bits per heavy atom. The van der Waals surface area contributed by atoms with E-state index in [1.54, 1.807) is 0 Å². The van der Waals surface area contributed by atoms with Gasteiger partial charge in [0.2, 0.25) is 0 Å². The Morgan fingerprint density at radius 3 is 3.00 bits per heavy atom. The number of hydrogen-bond donors (Lipinski definition) is 3. The summed E-state index contributed by atoms with van der Waals surface area (Å²) in [6, 6.07) is 1.72. The van der Waals surface area contributed by atoms with Crippen molar-refractivity contribution in [2.45, 2.75) is 39.7 Å². The van der Waals surface area contributed by atoms with Gasteiger partial charge in [0.1, 0.15) is 11.5 Å². The molecule has 0 saturated carbocycles. The number of urea groups is 1. The van der Waals surface area contributed by atoms with E-state index in [0.29, 0.717) is 0 Å². The van der Waals surface area contributed by atoms with Gasteiger partial charge in [0.05, 0.1) is 12.6 Å². The number of hydrogen-bond acceptors (Lipinski definition) is 3. The summed E-state index contributed by atoms with van der Waals surface area (Å²) in [7, 11) is 0. The first-order chi connectivity index (χ1) is 8.91. The molecule has 2 amide bonds. The highest BCUT2D eigenvalue weighted by Crippen LogP contribution is 2.41. The molecule has 1 heterocycles. The standard InChI is InChI=1S/C14H22N2O3/c1-9-6-10-11(16-13(18)15-4-5-17)7-14(2,3)8-12(10)19-9/h6,11,17H,4-5,7-8H2,1-3H3,(H2,15,16,18)/t11-/m1/s1. The number of aryl methyl sites for hydroxylation is 1. The minimum atomic E-state index is -0.249. The van der Waals surface area contributed by atoms with Crippen LogP contribution in [0.4, 0.5) is 4.79 Å². The summed E-state index contributed by atoms with van der Waals surface area (Å²) >= 11 is 0. The predicted octanol–water partition coefficient (Wildman–Crippen LogP) is 1.89. The molecule has 1 aromatic heterocycles. The van der Waals surface area contributed by atoms with Crippen LogP contribution in [0.5, 0.6) is 0 Å². The summed E-state index contributed by atoms with van der Waals surface area (Å²) in [6.45, 7) is 6.48. The number of fused-ring (bicyclic) bond motifs is 1. The van der Waals surface area contributed by atoms with Crippen molar-refractivity contribution in [2.24, 2.45) is 5.41 Å². The van der Waals surface area contributed by atoms with Crippen molar-refractivity contribution in [3.8, 4) is 0 Å². The number of carbonyl (C=O) groups excluding carboxylic acids is 1. The van der Waals surface area contributed by atoms with Gasteiger partial charge in [-0.15, -0.1) is 0 Å².